The van der Waals surface area contributed by atoms with Gasteiger partial charge in [-0.05, 0) is 92.9 Å². The van der Waals surface area contributed by atoms with E-state index in [0.717, 1.165) is 62.7 Å². The second-order valence-electron chi connectivity index (χ2n) is 11.0. The molecule has 1 unspecified atom stereocenters. The highest BCUT2D eigenvalue weighted by molar-refractivity contribution is 6.30. The van der Waals surface area contributed by atoms with E-state index in [1.165, 1.54) is 39.0 Å². The number of aromatic amines is 1. The van der Waals surface area contributed by atoms with Gasteiger partial charge in [-0.25, -0.2) is 0 Å². The van der Waals surface area contributed by atoms with Crippen LogP contribution in [0.5, 0.6) is 5.75 Å². The summed E-state index contributed by atoms with van der Waals surface area (Å²) >= 11 is 6.23. The van der Waals surface area contributed by atoms with Crippen molar-refractivity contribution in [2.24, 2.45) is 0 Å². The normalized spacial score (nSPS) is 18.4. The third-order valence-corrected chi connectivity index (χ3v) is 8.47. The number of piperidine rings is 1. The molecule has 1 fully saturated rings. The Bertz CT molecular complexity index is 1390. The first-order valence-corrected chi connectivity index (χ1v) is 14.6. The van der Waals surface area contributed by atoms with Gasteiger partial charge < -0.3 is 24.3 Å². The fourth-order valence-electron chi connectivity index (χ4n) is 6.06. The van der Waals surface area contributed by atoms with Crippen molar-refractivity contribution in [3.05, 3.63) is 94.1 Å². The summed E-state index contributed by atoms with van der Waals surface area (Å²) in [5.74, 6) is 0.902. The summed E-state index contributed by atoms with van der Waals surface area (Å²) in [6.45, 7) is 6.78. The Balaban J connectivity index is 1.18. The van der Waals surface area contributed by atoms with Gasteiger partial charge in [-0.3, -0.25) is 0 Å². The zero-order valence-corrected chi connectivity index (χ0v) is 23.7. The minimum atomic E-state index is 0.0830. The van der Waals surface area contributed by atoms with E-state index in [1.54, 1.807) is 0 Å². The monoisotopic (exact) mass is 543 g/mol. The van der Waals surface area contributed by atoms with Crippen LogP contribution in [-0.2, 0) is 11.2 Å². The summed E-state index contributed by atoms with van der Waals surface area (Å²) in [5, 5.41) is 2.10. The summed E-state index contributed by atoms with van der Waals surface area (Å²) in [6, 6.07) is 23.6. The van der Waals surface area contributed by atoms with Gasteiger partial charge in [-0.2, -0.15) is 0 Å². The highest BCUT2D eigenvalue weighted by atomic mass is 35.5. The Morgan fingerprint density at radius 1 is 0.923 bits per heavy atom. The molecule has 3 aromatic carbocycles. The lowest BCUT2D eigenvalue weighted by atomic mass is 9.91. The molecular formula is C33H38ClN3O2. The number of nitrogens with zero attached hydrogens (tertiary/aromatic N) is 2. The zero-order valence-electron chi connectivity index (χ0n) is 23.0. The van der Waals surface area contributed by atoms with Gasteiger partial charge in [0.25, 0.3) is 0 Å². The number of hydrogen-bond acceptors (Lipinski definition) is 4. The number of nitrogens with one attached hydrogen (secondary N) is 1. The second kappa shape index (κ2) is 11.6. The van der Waals surface area contributed by atoms with Gasteiger partial charge in [0, 0.05) is 53.4 Å². The van der Waals surface area contributed by atoms with Crippen molar-refractivity contribution in [1.29, 1.82) is 0 Å². The second-order valence-corrected chi connectivity index (χ2v) is 11.5. The highest BCUT2D eigenvalue weighted by Gasteiger charge is 2.32. The number of likely N-dealkylation sites (tertiary alicyclic amines) is 1. The maximum Gasteiger partial charge on any atom is 0.119 e. The SMILES string of the molecule is Cc1ccc2[nH]c3c(c2c1)CCN(c1ccc(Cl)cc1)C3c1ccc(OCCCOC2CCN(C)CC2)cc1. The molecule has 6 heteroatoms. The van der Waals surface area contributed by atoms with Crippen molar-refractivity contribution in [3.8, 4) is 5.75 Å². The van der Waals surface area contributed by atoms with Crippen LogP contribution in [0.1, 0.15) is 47.7 Å². The first kappa shape index (κ1) is 26.2. The number of aryl methyl sites for hydroxylation is 1. The number of ether oxygens (including phenoxy) is 2. The molecule has 0 spiro atoms. The minimum absolute atomic E-state index is 0.0830. The van der Waals surface area contributed by atoms with E-state index >= 15 is 0 Å². The van der Waals surface area contributed by atoms with Gasteiger partial charge >= 0.3 is 0 Å². The van der Waals surface area contributed by atoms with Gasteiger partial charge in [0.2, 0.25) is 0 Å². The molecule has 1 atom stereocenters. The summed E-state index contributed by atoms with van der Waals surface area (Å²) in [7, 11) is 2.18. The molecule has 2 aliphatic rings. The Morgan fingerprint density at radius 2 is 1.69 bits per heavy atom. The molecule has 0 radical (unpaired) electrons. The van der Waals surface area contributed by atoms with Crippen LogP contribution in [0.3, 0.4) is 0 Å². The predicted octanol–water partition coefficient (Wildman–Crippen LogP) is 7.16. The summed E-state index contributed by atoms with van der Waals surface area (Å²) < 4.78 is 12.2. The molecule has 39 heavy (non-hydrogen) atoms. The molecule has 0 aliphatic carbocycles. The van der Waals surface area contributed by atoms with E-state index in [4.69, 9.17) is 21.1 Å². The Hall–Kier alpha value is -2.99. The number of aromatic nitrogens is 1. The molecule has 0 saturated carbocycles. The lowest BCUT2D eigenvalue weighted by molar-refractivity contribution is 0.00784. The van der Waals surface area contributed by atoms with E-state index in [0.29, 0.717) is 12.7 Å². The van der Waals surface area contributed by atoms with Crippen molar-refractivity contribution in [1.82, 2.24) is 9.88 Å². The average Bonchev–Trinajstić information content (AvgIpc) is 3.32. The van der Waals surface area contributed by atoms with E-state index < -0.39 is 0 Å². The molecule has 1 saturated heterocycles. The topological polar surface area (TPSA) is 40.7 Å². The van der Waals surface area contributed by atoms with E-state index in [-0.39, 0.29) is 6.04 Å². The van der Waals surface area contributed by atoms with Crippen LogP contribution in [-0.4, -0.2) is 55.9 Å². The predicted molar refractivity (Wildman–Crippen MR) is 160 cm³/mol. The van der Waals surface area contributed by atoms with Crippen LogP contribution in [0.25, 0.3) is 10.9 Å². The van der Waals surface area contributed by atoms with Crippen molar-refractivity contribution in [3.63, 3.8) is 0 Å². The van der Waals surface area contributed by atoms with Gasteiger partial charge in [-0.1, -0.05) is 35.4 Å². The standard InChI is InChI=1S/C33H38ClN3O2/c1-23-4-13-31-30(22-23)29-16-19-37(26-9-7-25(34)8-10-26)33(32(29)35-31)24-5-11-27(12-6-24)38-20-3-21-39-28-14-17-36(2)18-15-28/h4-13,22,28,33,35H,3,14-21H2,1-2H3. The van der Waals surface area contributed by atoms with Crippen molar-refractivity contribution in [2.45, 2.75) is 44.8 Å². The minimum Gasteiger partial charge on any atom is -0.494 e. The molecule has 204 valence electrons. The summed E-state index contributed by atoms with van der Waals surface area (Å²) in [5.41, 5.74) is 7.61. The summed E-state index contributed by atoms with van der Waals surface area (Å²) in [4.78, 5) is 8.63. The lowest BCUT2D eigenvalue weighted by Gasteiger charge is -2.38. The molecular weight excluding hydrogens is 506 g/mol. The molecule has 1 N–H and O–H groups in total. The number of hydrogen-bond donors (Lipinski definition) is 1. The van der Waals surface area contributed by atoms with Crippen LogP contribution in [0.2, 0.25) is 5.02 Å². The van der Waals surface area contributed by atoms with Crippen LogP contribution in [0.4, 0.5) is 5.69 Å². The van der Waals surface area contributed by atoms with Gasteiger partial charge in [0.1, 0.15) is 5.75 Å². The number of anilines is 1. The number of fused-ring (bicyclic) bond motifs is 3. The molecule has 6 rings (SSSR count). The van der Waals surface area contributed by atoms with Crippen molar-refractivity contribution >= 4 is 28.2 Å². The lowest BCUT2D eigenvalue weighted by Crippen LogP contribution is -2.36. The van der Waals surface area contributed by atoms with Crippen LogP contribution in [0, 0.1) is 6.92 Å². The first-order valence-electron chi connectivity index (χ1n) is 14.2. The zero-order chi connectivity index (χ0) is 26.8. The molecule has 2 aliphatic heterocycles. The summed E-state index contributed by atoms with van der Waals surface area (Å²) in [6.07, 6.45) is 4.56. The Kier molecular flexibility index (Phi) is 7.83. The molecule has 0 bridgehead atoms. The Labute approximate surface area is 236 Å². The Morgan fingerprint density at radius 3 is 2.46 bits per heavy atom. The molecule has 3 heterocycles. The largest absolute Gasteiger partial charge is 0.494 e. The third-order valence-electron chi connectivity index (χ3n) is 8.21. The average molecular weight is 544 g/mol. The van der Waals surface area contributed by atoms with Crippen LogP contribution in [0.15, 0.2) is 66.7 Å². The highest BCUT2D eigenvalue weighted by Crippen LogP contribution is 2.41. The van der Waals surface area contributed by atoms with E-state index in [9.17, 15) is 0 Å². The quantitative estimate of drug-likeness (QED) is 0.239. The van der Waals surface area contributed by atoms with Gasteiger partial charge in [-0.15, -0.1) is 0 Å². The van der Waals surface area contributed by atoms with Gasteiger partial charge in [0.15, 0.2) is 0 Å². The fraction of sp³-hybridized carbons (Fsp3) is 0.394. The van der Waals surface area contributed by atoms with E-state index in [2.05, 4.69) is 83.4 Å². The van der Waals surface area contributed by atoms with Crippen molar-refractivity contribution < 1.29 is 9.47 Å². The number of benzene rings is 3. The molecule has 0 amide bonds. The number of H-pyrrole nitrogens is 1. The number of halogens is 1. The molecule has 5 nitrogen and oxygen atoms in total. The number of rotatable bonds is 8. The van der Waals surface area contributed by atoms with E-state index in [1.807, 2.05) is 12.1 Å². The fourth-order valence-corrected chi connectivity index (χ4v) is 6.18. The first-order chi connectivity index (χ1) is 19.0. The van der Waals surface area contributed by atoms with Crippen LogP contribution >= 0.6 is 11.6 Å². The molecule has 4 aromatic rings. The maximum atomic E-state index is 6.23. The maximum absolute atomic E-state index is 6.23. The van der Waals surface area contributed by atoms with Crippen molar-refractivity contribution in [2.75, 3.05) is 44.8 Å². The third kappa shape index (κ3) is 5.81. The van der Waals surface area contributed by atoms with Crippen LogP contribution < -0.4 is 9.64 Å². The smallest absolute Gasteiger partial charge is 0.119 e. The molecule has 1 aromatic heterocycles. The van der Waals surface area contributed by atoms with Gasteiger partial charge in [0.05, 0.1) is 25.4 Å².